The summed E-state index contributed by atoms with van der Waals surface area (Å²) in [4.78, 5) is 17.3. The molecule has 0 spiro atoms. The van der Waals surface area contributed by atoms with E-state index in [1.165, 1.54) is 46.0 Å². The van der Waals surface area contributed by atoms with Crippen LogP contribution in [0.5, 0.6) is 11.5 Å². The summed E-state index contributed by atoms with van der Waals surface area (Å²) in [5.74, 6) is 1.62. The number of hydrogen-bond acceptors (Lipinski definition) is 3. The number of aromatic amines is 1. The molecule has 168 valence electrons. The van der Waals surface area contributed by atoms with Gasteiger partial charge < -0.3 is 19.4 Å². The first-order valence-corrected chi connectivity index (χ1v) is 11.8. The van der Waals surface area contributed by atoms with E-state index in [1.807, 2.05) is 4.90 Å². The fourth-order valence-corrected chi connectivity index (χ4v) is 5.40. The van der Waals surface area contributed by atoms with Gasteiger partial charge in [-0.25, -0.2) is 0 Å². The van der Waals surface area contributed by atoms with Gasteiger partial charge in [0.25, 0.3) is 0 Å². The molecule has 1 saturated carbocycles. The number of benzene rings is 2. The summed E-state index contributed by atoms with van der Waals surface area (Å²) in [5.41, 5.74) is 6.19. The highest BCUT2D eigenvalue weighted by atomic mass is 16.5. The lowest BCUT2D eigenvalue weighted by atomic mass is 9.88. The number of ether oxygens (including phenoxy) is 2. The Morgan fingerprint density at radius 1 is 1.16 bits per heavy atom. The van der Waals surface area contributed by atoms with Crippen LogP contribution < -0.4 is 9.47 Å². The molecule has 1 amide bonds. The van der Waals surface area contributed by atoms with Crippen LogP contribution >= 0.6 is 0 Å². The van der Waals surface area contributed by atoms with Crippen LogP contribution in [0, 0.1) is 6.92 Å². The SMILES string of the molecule is COc1cc2c(cc1OC1CCCC1)C(CCc1c[nH]c3ccc(C)cc13)N(C=O)CC2. The number of fused-ring (bicyclic) bond motifs is 2. The monoisotopic (exact) mass is 432 g/mol. The minimum absolute atomic E-state index is 0.0443. The molecule has 1 aromatic heterocycles. The molecule has 1 unspecified atom stereocenters. The maximum absolute atomic E-state index is 11.9. The number of amides is 1. The fraction of sp³-hybridized carbons (Fsp3) is 0.444. The second-order valence-electron chi connectivity index (χ2n) is 9.24. The second-order valence-corrected chi connectivity index (χ2v) is 9.24. The van der Waals surface area contributed by atoms with Crippen LogP contribution in [0.1, 0.15) is 60.4 Å². The fourth-order valence-electron chi connectivity index (χ4n) is 5.40. The van der Waals surface area contributed by atoms with Gasteiger partial charge in [-0.3, -0.25) is 4.79 Å². The van der Waals surface area contributed by atoms with E-state index >= 15 is 0 Å². The first-order valence-electron chi connectivity index (χ1n) is 11.8. The van der Waals surface area contributed by atoms with Crippen LogP contribution in [-0.2, 0) is 17.6 Å². The van der Waals surface area contributed by atoms with Crippen molar-refractivity contribution in [1.82, 2.24) is 9.88 Å². The molecule has 5 heteroatoms. The lowest BCUT2D eigenvalue weighted by Crippen LogP contribution is -2.34. The van der Waals surface area contributed by atoms with E-state index in [1.54, 1.807) is 7.11 Å². The molecule has 0 radical (unpaired) electrons. The first kappa shape index (κ1) is 20.9. The highest BCUT2D eigenvalue weighted by molar-refractivity contribution is 5.83. The summed E-state index contributed by atoms with van der Waals surface area (Å²) in [5, 5.41) is 1.28. The predicted molar refractivity (Wildman–Crippen MR) is 126 cm³/mol. The normalized spacial score (nSPS) is 18.7. The summed E-state index contributed by atoms with van der Waals surface area (Å²) in [6.45, 7) is 2.86. The Morgan fingerprint density at radius 3 is 2.78 bits per heavy atom. The van der Waals surface area contributed by atoms with Crippen molar-refractivity contribution >= 4 is 17.3 Å². The molecule has 2 heterocycles. The van der Waals surface area contributed by atoms with E-state index in [2.05, 4.69) is 48.4 Å². The summed E-state index contributed by atoms with van der Waals surface area (Å²) in [7, 11) is 1.71. The van der Waals surface area contributed by atoms with E-state index in [4.69, 9.17) is 9.47 Å². The number of nitrogens with zero attached hydrogens (tertiary/aromatic N) is 1. The number of aryl methyl sites for hydroxylation is 2. The lowest BCUT2D eigenvalue weighted by molar-refractivity contribution is -0.120. The van der Waals surface area contributed by atoms with Crippen LogP contribution in [0.15, 0.2) is 36.5 Å². The standard InChI is InChI=1S/C27H32N2O3/c1-18-7-9-24-22(13-18)20(16-28-24)8-10-25-23-15-27(32-21-5-3-4-6-21)26(31-2)14-19(23)11-12-29(25)17-30/h7,9,13-17,21,25,28H,3-6,8,10-12H2,1-2H3. The summed E-state index contributed by atoms with van der Waals surface area (Å²) < 4.78 is 12.0. The first-order chi connectivity index (χ1) is 15.7. The Morgan fingerprint density at radius 2 is 2.00 bits per heavy atom. The van der Waals surface area contributed by atoms with E-state index in [-0.39, 0.29) is 12.1 Å². The molecule has 2 aromatic carbocycles. The zero-order valence-electron chi connectivity index (χ0n) is 19.0. The topological polar surface area (TPSA) is 54.6 Å². The largest absolute Gasteiger partial charge is 0.493 e. The lowest BCUT2D eigenvalue weighted by Gasteiger charge is -2.35. The van der Waals surface area contributed by atoms with Gasteiger partial charge in [-0.2, -0.15) is 0 Å². The van der Waals surface area contributed by atoms with Crippen molar-refractivity contribution in [2.24, 2.45) is 0 Å². The van der Waals surface area contributed by atoms with Crippen molar-refractivity contribution < 1.29 is 14.3 Å². The van der Waals surface area contributed by atoms with Gasteiger partial charge in [-0.05, 0) is 92.8 Å². The molecule has 2 aliphatic rings. The molecule has 1 aliphatic carbocycles. The maximum atomic E-state index is 11.9. The third kappa shape index (κ3) is 3.96. The number of carbonyl (C=O) groups is 1. The molecule has 3 aromatic rings. The molecular weight excluding hydrogens is 400 g/mol. The zero-order chi connectivity index (χ0) is 22.1. The minimum atomic E-state index is 0.0443. The average Bonchev–Trinajstić information content (AvgIpc) is 3.46. The molecule has 1 N–H and O–H groups in total. The third-order valence-corrected chi connectivity index (χ3v) is 7.17. The van der Waals surface area contributed by atoms with E-state index in [0.29, 0.717) is 0 Å². The average molecular weight is 433 g/mol. The van der Waals surface area contributed by atoms with Crippen molar-refractivity contribution in [3.05, 3.63) is 58.8 Å². The Labute approximate surface area is 189 Å². The van der Waals surface area contributed by atoms with Crippen molar-refractivity contribution in [3.63, 3.8) is 0 Å². The van der Waals surface area contributed by atoms with Gasteiger partial charge in [-0.15, -0.1) is 0 Å². The quantitative estimate of drug-likeness (QED) is 0.502. The van der Waals surface area contributed by atoms with Gasteiger partial charge in [0.1, 0.15) is 0 Å². The third-order valence-electron chi connectivity index (χ3n) is 7.17. The van der Waals surface area contributed by atoms with Crippen LogP contribution in [0.2, 0.25) is 0 Å². The van der Waals surface area contributed by atoms with E-state index < -0.39 is 0 Å². The summed E-state index contributed by atoms with van der Waals surface area (Å²) in [6, 6.07) is 10.8. The van der Waals surface area contributed by atoms with Crippen molar-refractivity contribution in [1.29, 1.82) is 0 Å². The van der Waals surface area contributed by atoms with Crippen LogP contribution in [0.4, 0.5) is 0 Å². The number of methoxy groups -OCH3 is 1. The van der Waals surface area contributed by atoms with Crippen molar-refractivity contribution in [2.75, 3.05) is 13.7 Å². The van der Waals surface area contributed by atoms with Crippen molar-refractivity contribution in [3.8, 4) is 11.5 Å². The molecule has 1 aliphatic heterocycles. The van der Waals surface area contributed by atoms with E-state index in [9.17, 15) is 4.79 Å². The summed E-state index contributed by atoms with van der Waals surface area (Å²) >= 11 is 0. The smallest absolute Gasteiger partial charge is 0.210 e. The number of rotatable bonds is 7. The van der Waals surface area contributed by atoms with Crippen molar-refractivity contribution in [2.45, 2.75) is 64.0 Å². The molecule has 5 nitrogen and oxygen atoms in total. The molecule has 32 heavy (non-hydrogen) atoms. The Balaban J connectivity index is 1.44. The molecule has 0 saturated heterocycles. The molecule has 5 rings (SSSR count). The zero-order valence-corrected chi connectivity index (χ0v) is 19.0. The van der Waals surface area contributed by atoms with Crippen LogP contribution in [0.3, 0.4) is 0 Å². The highest BCUT2D eigenvalue weighted by Crippen LogP contribution is 2.41. The molecule has 1 fully saturated rings. The van der Waals surface area contributed by atoms with E-state index in [0.717, 1.165) is 56.6 Å². The van der Waals surface area contributed by atoms with Gasteiger partial charge in [-0.1, -0.05) is 11.6 Å². The van der Waals surface area contributed by atoms with Gasteiger partial charge in [0.2, 0.25) is 6.41 Å². The Kier molecular flexibility index (Phi) is 5.81. The Bertz CT molecular complexity index is 1110. The number of carbonyl (C=O) groups excluding carboxylic acids is 1. The van der Waals surface area contributed by atoms with Crippen LogP contribution in [0.25, 0.3) is 10.9 Å². The number of H-pyrrole nitrogens is 1. The maximum Gasteiger partial charge on any atom is 0.210 e. The summed E-state index contributed by atoms with van der Waals surface area (Å²) in [6.07, 6.45) is 10.7. The van der Waals surface area contributed by atoms with Crippen LogP contribution in [-0.4, -0.2) is 36.1 Å². The van der Waals surface area contributed by atoms with Gasteiger partial charge in [0.15, 0.2) is 11.5 Å². The predicted octanol–water partition coefficient (Wildman–Crippen LogP) is 5.49. The van der Waals surface area contributed by atoms with Gasteiger partial charge in [0, 0.05) is 23.6 Å². The van der Waals surface area contributed by atoms with Gasteiger partial charge in [0.05, 0.1) is 19.3 Å². The number of aromatic nitrogens is 1. The number of hydrogen-bond donors (Lipinski definition) is 1. The molecule has 1 atom stereocenters. The second kappa shape index (κ2) is 8.89. The molecule has 0 bridgehead atoms. The Hall–Kier alpha value is -2.95. The molecular formula is C27H32N2O3. The highest BCUT2D eigenvalue weighted by Gasteiger charge is 2.29. The number of nitrogens with one attached hydrogen (secondary N) is 1. The van der Waals surface area contributed by atoms with Gasteiger partial charge >= 0.3 is 0 Å². The minimum Gasteiger partial charge on any atom is -0.493 e.